The smallest absolute Gasteiger partial charge is 0.317 e. The van der Waals surface area contributed by atoms with E-state index in [9.17, 15) is 4.79 Å². The number of hydrogen-bond acceptors (Lipinski definition) is 3. The molecule has 1 aromatic heterocycles. The van der Waals surface area contributed by atoms with Gasteiger partial charge in [0.2, 0.25) is 0 Å². The first-order valence-electron chi connectivity index (χ1n) is 6.55. The number of urea groups is 1. The van der Waals surface area contributed by atoms with Crippen molar-refractivity contribution in [1.82, 2.24) is 10.2 Å². The van der Waals surface area contributed by atoms with Gasteiger partial charge in [-0.2, -0.15) is 0 Å². The predicted octanol–water partition coefficient (Wildman–Crippen LogP) is 2.05. The number of nitrogens with two attached hydrogens (primary N) is 1. The zero-order chi connectivity index (χ0) is 12.5. The lowest BCUT2D eigenvalue weighted by Crippen LogP contribution is -2.53. The second-order valence-corrected chi connectivity index (χ2v) is 6.35. The first-order valence-corrected chi connectivity index (χ1v) is 7.43. The summed E-state index contributed by atoms with van der Waals surface area (Å²) in [6.45, 7) is 2.29. The molecule has 3 rings (SSSR count). The molecule has 2 amide bonds. The number of rotatable bonds is 2. The van der Waals surface area contributed by atoms with Crippen LogP contribution in [-0.2, 0) is 6.54 Å². The quantitative estimate of drug-likeness (QED) is 0.878. The van der Waals surface area contributed by atoms with Crippen molar-refractivity contribution in [1.29, 1.82) is 0 Å². The molecule has 106 valence electrons. The number of thiophene rings is 1. The predicted molar refractivity (Wildman–Crippen MR) is 79.6 cm³/mol. The Morgan fingerprint density at radius 1 is 1.42 bits per heavy atom. The van der Waals surface area contributed by atoms with Gasteiger partial charge in [0.25, 0.3) is 0 Å². The van der Waals surface area contributed by atoms with Gasteiger partial charge in [-0.3, -0.25) is 0 Å². The molecule has 0 spiro atoms. The van der Waals surface area contributed by atoms with Crippen LogP contribution in [-0.4, -0.2) is 30.1 Å². The number of carbonyl (C=O) groups is 1. The molecule has 4 nitrogen and oxygen atoms in total. The molecule has 1 saturated carbocycles. The molecule has 2 heterocycles. The third kappa shape index (κ3) is 3.04. The molecule has 1 aromatic rings. The zero-order valence-corrected chi connectivity index (χ0v) is 12.4. The van der Waals surface area contributed by atoms with Crippen molar-refractivity contribution in [3.8, 4) is 0 Å². The van der Waals surface area contributed by atoms with Crippen LogP contribution in [0, 0.1) is 11.8 Å². The topological polar surface area (TPSA) is 58.4 Å². The monoisotopic (exact) mass is 301 g/mol. The molecule has 0 aromatic carbocycles. The lowest BCUT2D eigenvalue weighted by Gasteiger charge is -2.36. The summed E-state index contributed by atoms with van der Waals surface area (Å²) >= 11 is 1.67. The number of piperidine rings is 1. The molecule has 2 aliphatic rings. The largest absolute Gasteiger partial charge is 0.333 e. The molecule has 1 aliphatic heterocycles. The van der Waals surface area contributed by atoms with E-state index in [1.165, 1.54) is 17.7 Å². The fourth-order valence-corrected chi connectivity index (χ4v) is 3.76. The number of hydrogen-bond donors (Lipinski definition) is 2. The van der Waals surface area contributed by atoms with Crippen molar-refractivity contribution in [2.24, 2.45) is 17.6 Å². The highest BCUT2D eigenvalue weighted by molar-refractivity contribution is 7.09. The van der Waals surface area contributed by atoms with Gasteiger partial charge in [-0.1, -0.05) is 6.07 Å². The normalized spacial score (nSPS) is 28.9. The van der Waals surface area contributed by atoms with Gasteiger partial charge in [0.05, 0.1) is 6.54 Å². The minimum atomic E-state index is 0. The lowest BCUT2D eigenvalue weighted by molar-refractivity contribution is 0.150. The van der Waals surface area contributed by atoms with Crippen molar-refractivity contribution < 1.29 is 4.79 Å². The fourth-order valence-electron chi connectivity index (χ4n) is 3.12. The van der Waals surface area contributed by atoms with Crippen LogP contribution in [0.4, 0.5) is 4.79 Å². The summed E-state index contributed by atoms with van der Waals surface area (Å²) in [5.74, 6) is 1.02. The Hall–Kier alpha value is -0.780. The molecule has 0 radical (unpaired) electrons. The van der Waals surface area contributed by atoms with Crippen LogP contribution in [0.1, 0.15) is 17.7 Å². The standard InChI is InChI=1S/C13H19N3OS.ClH/c14-12-9-3-4-10(12)8-16(7-9)13(17)15-6-11-2-1-5-18-11;/h1-2,5,9-10,12H,3-4,6-8,14H2,(H,15,17);1H/t9-,10+,12?;. The van der Waals surface area contributed by atoms with Gasteiger partial charge in [-0.25, -0.2) is 4.79 Å². The first kappa shape index (κ1) is 14.6. The van der Waals surface area contributed by atoms with E-state index in [4.69, 9.17) is 5.73 Å². The molecule has 1 aliphatic carbocycles. The highest BCUT2D eigenvalue weighted by Gasteiger charge is 2.41. The Balaban J connectivity index is 0.00000133. The Kier molecular flexibility index (Phi) is 4.71. The number of nitrogens with zero attached hydrogens (tertiary/aromatic N) is 1. The van der Waals surface area contributed by atoms with Crippen LogP contribution in [0.15, 0.2) is 17.5 Å². The van der Waals surface area contributed by atoms with E-state index in [0.29, 0.717) is 24.4 Å². The summed E-state index contributed by atoms with van der Waals surface area (Å²) < 4.78 is 0. The van der Waals surface area contributed by atoms with E-state index in [-0.39, 0.29) is 18.4 Å². The molecule has 19 heavy (non-hydrogen) atoms. The second-order valence-electron chi connectivity index (χ2n) is 5.32. The summed E-state index contributed by atoms with van der Waals surface area (Å²) in [7, 11) is 0. The third-order valence-electron chi connectivity index (χ3n) is 4.19. The third-order valence-corrected chi connectivity index (χ3v) is 5.06. The Labute approximate surface area is 123 Å². The fraction of sp³-hybridized carbons (Fsp3) is 0.615. The second kappa shape index (κ2) is 6.11. The van der Waals surface area contributed by atoms with Gasteiger partial charge in [0, 0.05) is 24.0 Å². The summed E-state index contributed by atoms with van der Waals surface area (Å²) in [6.07, 6.45) is 2.36. The minimum absolute atomic E-state index is 0. The lowest BCUT2D eigenvalue weighted by atomic mass is 9.93. The van der Waals surface area contributed by atoms with E-state index in [1.54, 1.807) is 11.3 Å². The summed E-state index contributed by atoms with van der Waals surface area (Å²) in [6, 6.07) is 4.42. The number of amides is 2. The highest BCUT2D eigenvalue weighted by Crippen LogP contribution is 2.35. The first-order chi connectivity index (χ1) is 8.74. The van der Waals surface area contributed by atoms with Crippen molar-refractivity contribution in [3.63, 3.8) is 0 Å². The number of nitrogens with one attached hydrogen (secondary N) is 1. The van der Waals surface area contributed by atoms with Crippen LogP contribution in [0.2, 0.25) is 0 Å². The maximum atomic E-state index is 12.1. The van der Waals surface area contributed by atoms with Crippen molar-refractivity contribution >= 4 is 29.8 Å². The number of carbonyl (C=O) groups excluding carboxylic acids is 1. The van der Waals surface area contributed by atoms with E-state index in [0.717, 1.165) is 13.1 Å². The molecular formula is C13H20ClN3OS. The average molecular weight is 302 g/mol. The van der Waals surface area contributed by atoms with Gasteiger partial charge < -0.3 is 16.0 Å². The average Bonchev–Trinajstić information content (AvgIpc) is 2.93. The van der Waals surface area contributed by atoms with Gasteiger partial charge in [-0.15, -0.1) is 23.7 Å². The number of likely N-dealkylation sites (tertiary alicyclic amines) is 1. The Morgan fingerprint density at radius 2 is 2.11 bits per heavy atom. The Bertz CT molecular complexity index is 412. The van der Waals surface area contributed by atoms with Gasteiger partial charge >= 0.3 is 6.03 Å². The minimum Gasteiger partial charge on any atom is -0.333 e. The molecule has 2 bridgehead atoms. The molecule has 2 fully saturated rings. The van der Waals surface area contributed by atoms with Crippen LogP contribution in [0.3, 0.4) is 0 Å². The molecule has 3 N–H and O–H groups in total. The van der Waals surface area contributed by atoms with E-state index >= 15 is 0 Å². The van der Waals surface area contributed by atoms with Crippen LogP contribution in [0.5, 0.6) is 0 Å². The summed E-state index contributed by atoms with van der Waals surface area (Å²) in [5, 5.41) is 5.02. The Morgan fingerprint density at radius 3 is 2.68 bits per heavy atom. The molecule has 1 unspecified atom stereocenters. The SMILES string of the molecule is Cl.NC1[C@@H]2CC[C@H]1CN(C(=O)NCc1cccs1)C2. The molecule has 1 saturated heterocycles. The summed E-state index contributed by atoms with van der Waals surface area (Å²) in [4.78, 5) is 15.2. The van der Waals surface area contributed by atoms with E-state index in [1.807, 2.05) is 22.4 Å². The number of halogens is 1. The number of fused-ring (bicyclic) bond motifs is 2. The highest BCUT2D eigenvalue weighted by atomic mass is 35.5. The maximum Gasteiger partial charge on any atom is 0.317 e. The zero-order valence-electron chi connectivity index (χ0n) is 10.7. The van der Waals surface area contributed by atoms with Crippen LogP contribution < -0.4 is 11.1 Å². The van der Waals surface area contributed by atoms with Crippen LogP contribution >= 0.6 is 23.7 Å². The molecule has 6 heteroatoms. The van der Waals surface area contributed by atoms with Gasteiger partial charge in [0.1, 0.15) is 0 Å². The van der Waals surface area contributed by atoms with Crippen molar-refractivity contribution in [2.45, 2.75) is 25.4 Å². The van der Waals surface area contributed by atoms with Crippen molar-refractivity contribution in [3.05, 3.63) is 22.4 Å². The van der Waals surface area contributed by atoms with E-state index in [2.05, 4.69) is 5.32 Å². The maximum absolute atomic E-state index is 12.1. The molecule has 3 atom stereocenters. The van der Waals surface area contributed by atoms with Crippen molar-refractivity contribution in [2.75, 3.05) is 13.1 Å². The van der Waals surface area contributed by atoms with Crippen LogP contribution in [0.25, 0.3) is 0 Å². The van der Waals surface area contributed by atoms with Gasteiger partial charge in [-0.05, 0) is 36.1 Å². The molecular weight excluding hydrogens is 282 g/mol. The van der Waals surface area contributed by atoms with E-state index < -0.39 is 0 Å². The summed E-state index contributed by atoms with van der Waals surface area (Å²) in [5.41, 5.74) is 6.14. The van der Waals surface area contributed by atoms with Gasteiger partial charge in [0.15, 0.2) is 0 Å².